The first-order valence-electron chi connectivity index (χ1n) is 18.4. The Morgan fingerprint density at radius 3 is 1.81 bits per heavy atom. The van der Waals surface area contributed by atoms with Gasteiger partial charge in [-0.3, -0.25) is 28.8 Å². The number of rotatable bonds is 20. The smallest absolute Gasteiger partial charge is 0.326 e. The molecule has 0 aliphatic carbocycles. The molecule has 2 aliphatic rings. The number of amides is 6. The maximum absolute atomic E-state index is 14.0. The lowest BCUT2D eigenvalue weighted by Gasteiger charge is -2.35. The van der Waals surface area contributed by atoms with Crippen LogP contribution in [-0.2, 0) is 33.6 Å². The molecule has 7 N–H and O–H groups in total. The Labute approximate surface area is 307 Å². The van der Waals surface area contributed by atoms with Gasteiger partial charge in [0.15, 0.2) is 0 Å². The van der Waals surface area contributed by atoms with Crippen LogP contribution in [0.2, 0.25) is 0 Å². The molecule has 9 unspecified atom stereocenters. The van der Waals surface area contributed by atoms with Crippen LogP contribution in [0.25, 0.3) is 0 Å². The van der Waals surface area contributed by atoms with Crippen molar-refractivity contribution in [2.45, 2.75) is 142 Å². The highest BCUT2D eigenvalue weighted by molar-refractivity contribution is 5.95. The van der Waals surface area contributed by atoms with Gasteiger partial charge >= 0.3 is 5.97 Å². The number of carboxylic acid groups (broad SMARTS) is 1. The van der Waals surface area contributed by atoms with Gasteiger partial charge in [-0.15, -0.1) is 0 Å². The Bertz CT molecular complexity index is 1310. The van der Waals surface area contributed by atoms with E-state index in [-0.39, 0.29) is 29.6 Å². The van der Waals surface area contributed by atoms with Crippen molar-refractivity contribution >= 4 is 41.9 Å². The van der Waals surface area contributed by atoms with Crippen molar-refractivity contribution in [3.63, 3.8) is 0 Å². The van der Waals surface area contributed by atoms with Crippen LogP contribution in [0.3, 0.4) is 0 Å². The molecule has 0 aromatic heterocycles. The minimum atomic E-state index is -1.43. The van der Waals surface area contributed by atoms with Gasteiger partial charge in [0.05, 0.1) is 12.1 Å². The number of carbonyl (C=O) groups excluding carboxylic acids is 6. The molecule has 16 heteroatoms. The van der Waals surface area contributed by atoms with Crippen LogP contribution >= 0.6 is 0 Å². The van der Waals surface area contributed by atoms with Crippen LogP contribution in [-0.4, -0.2) is 123 Å². The second-order valence-electron chi connectivity index (χ2n) is 14.9. The summed E-state index contributed by atoms with van der Waals surface area (Å²) in [6.07, 6.45) is 2.27. The Hall–Kier alpha value is -4.21. The maximum Gasteiger partial charge on any atom is 0.326 e. The fraction of sp³-hybridized carbons (Fsp3) is 0.750. The van der Waals surface area contributed by atoms with Crippen LogP contribution < -0.4 is 26.6 Å². The van der Waals surface area contributed by atoms with E-state index in [4.69, 9.17) is 0 Å². The van der Waals surface area contributed by atoms with Gasteiger partial charge in [-0.05, 0) is 63.7 Å². The highest BCUT2D eigenvalue weighted by Crippen LogP contribution is 2.26. The predicted octanol–water partition coefficient (Wildman–Crippen LogP) is 0.243. The summed E-state index contributed by atoms with van der Waals surface area (Å²) in [5.41, 5.74) is 0.454. The van der Waals surface area contributed by atoms with Gasteiger partial charge in [-0.2, -0.15) is 0 Å². The highest BCUT2D eigenvalue weighted by Gasteiger charge is 2.41. The first-order valence-corrected chi connectivity index (χ1v) is 18.4. The summed E-state index contributed by atoms with van der Waals surface area (Å²) in [4.78, 5) is 93.0. The molecule has 2 rings (SSSR count). The van der Waals surface area contributed by atoms with E-state index in [9.17, 15) is 43.8 Å². The summed E-state index contributed by atoms with van der Waals surface area (Å²) >= 11 is 0. The number of hydrogen-bond acceptors (Lipinski definition) is 9. The molecular formula is C36H61N7O9. The third-order valence-corrected chi connectivity index (χ3v) is 9.91. The summed E-state index contributed by atoms with van der Waals surface area (Å²) in [6.45, 7) is 18.7. The van der Waals surface area contributed by atoms with Crippen molar-refractivity contribution in [1.29, 1.82) is 0 Å². The molecule has 6 amide bonds. The minimum absolute atomic E-state index is 0.109. The number of aliphatic carboxylic acids is 1. The van der Waals surface area contributed by atoms with Gasteiger partial charge < -0.3 is 46.6 Å². The zero-order valence-corrected chi connectivity index (χ0v) is 31.9. The molecule has 2 fully saturated rings. The molecule has 2 heterocycles. The molecule has 9 atom stereocenters. The first kappa shape index (κ1) is 44.0. The monoisotopic (exact) mass is 735 g/mol. The zero-order valence-electron chi connectivity index (χ0n) is 31.9. The second-order valence-corrected chi connectivity index (χ2v) is 14.9. The van der Waals surface area contributed by atoms with Crippen molar-refractivity contribution in [3.8, 4) is 0 Å². The SMILES string of the molecule is C=C(NC(CC(C)C)C(=O)N1CCCC1C(=O)O)C1CCCN1C(=O)C(NC(=O)C(C)NC(=O)C(NC(=O)C(NC=O)C(C)CC)C(C)O)C(C)C. The highest BCUT2D eigenvalue weighted by atomic mass is 16.4. The quantitative estimate of drug-likeness (QED) is 0.0844. The molecule has 16 nitrogen and oxygen atoms in total. The predicted molar refractivity (Wildman–Crippen MR) is 193 cm³/mol. The van der Waals surface area contributed by atoms with E-state index >= 15 is 0 Å². The number of carbonyl (C=O) groups is 7. The first-order chi connectivity index (χ1) is 24.4. The number of aliphatic hydroxyl groups excluding tert-OH is 1. The van der Waals surface area contributed by atoms with E-state index in [1.165, 1.54) is 18.7 Å². The Kier molecular flexibility index (Phi) is 17.0. The third kappa shape index (κ3) is 11.7. The van der Waals surface area contributed by atoms with Crippen molar-refractivity contribution in [3.05, 3.63) is 12.3 Å². The zero-order chi connectivity index (χ0) is 39.4. The average Bonchev–Trinajstić information content (AvgIpc) is 3.77. The average molecular weight is 736 g/mol. The maximum atomic E-state index is 14.0. The Balaban J connectivity index is 2.15. The molecule has 0 aromatic rings. The molecule has 294 valence electrons. The normalized spacial score (nSPS) is 21.3. The van der Waals surface area contributed by atoms with Gasteiger partial charge in [0.25, 0.3) is 0 Å². The third-order valence-electron chi connectivity index (χ3n) is 9.91. The van der Waals surface area contributed by atoms with E-state index < -0.39 is 72.1 Å². The van der Waals surface area contributed by atoms with E-state index in [1.807, 2.05) is 20.8 Å². The van der Waals surface area contributed by atoms with Gasteiger partial charge in [-0.1, -0.05) is 54.5 Å². The molecule has 0 spiro atoms. The molecule has 2 saturated heterocycles. The summed E-state index contributed by atoms with van der Waals surface area (Å²) in [5.74, 6) is -4.38. The van der Waals surface area contributed by atoms with E-state index in [0.717, 1.165) is 0 Å². The topological polar surface area (TPSA) is 227 Å². The second kappa shape index (κ2) is 20.1. The summed E-state index contributed by atoms with van der Waals surface area (Å²) in [5, 5.41) is 33.4. The van der Waals surface area contributed by atoms with Crippen molar-refractivity contribution in [2.75, 3.05) is 13.1 Å². The largest absolute Gasteiger partial charge is 0.480 e. The Morgan fingerprint density at radius 1 is 0.769 bits per heavy atom. The lowest BCUT2D eigenvalue weighted by Crippen LogP contribution is -2.61. The van der Waals surface area contributed by atoms with Gasteiger partial charge in [0.1, 0.15) is 36.3 Å². The summed E-state index contributed by atoms with van der Waals surface area (Å²) < 4.78 is 0. The Morgan fingerprint density at radius 2 is 1.31 bits per heavy atom. The van der Waals surface area contributed by atoms with E-state index in [2.05, 4.69) is 33.2 Å². The molecule has 0 aromatic carbocycles. The van der Waals surface area contributed by atoms with Crippen molar-refractivity contribution < 1.29 is 43.8 Å². The number of aliphatic hydroxyl groups is 1. The lowest BCUT2D eigenvalue weighted by molar-refractivity contribution is -0.149. The number of nitrogens with one attached hydrogen (secondary N) is 5. The van der Waals surface area contributed by atoms with Crippen molar-refractivity contribution in [2.24, 2.45) is 17.8 Å². The fourth-order valence-corrected chi connectivity index (χ4v) is 6.69. The van der Waals surface area contributed by atoms with Crippen LogP contribution in [0.4, 0.5) is 0 Å². The number of nitrogens with zero attached hydrogens (tertiary/aromatic N) is 2. The molecular weight excluding hydrogens is 674 g/mol. The van der Waals surface area contributed by atoms with Crippen LogP contribution in [0.1, 0.15) is 93.9 Å². The molecule has 52 heavy (non-hydrogen) atoms. The number of hydrogen-bond donors (Lipinski definition) is 7. The van der Waals surface area contributed by atoms with Crippen molar-refractivity contribution in [1.82, 2.24) is 36.4 Å². The molecule has 0 saturated carbocycles. The van der Waals surface area contributed by atoms with Crippen LogP contribution in [0.15, 0.2) is 12.3 Å². The lowest BCUT2D eigenvalue weighted by atomic mass is 9.98. The van der Waals surface area contributed by atoms with Crippen LogP contribution in [0.5, 0.6) is 0 Å². The summed E-state index contributed by atoms with van der Waals surface area (Å²) in [6, 6.07) is -6.60. The molecule has 0 bridgehead atoms. The number of likely N-dealkylation sites (tertiary alicyclic amines) is 2. The van der Waals surface area contributed by atoms with Gasteiger partial charge in [0, 0.05) is 18.8 Å². The van der Waals surface area contributed by atoms with E-state index in [1.54, 1.807) is 25.7 Å². The summed E-state index contributed by atoms with van der Waals surface area (Å²) in [7, 11) is 0. The van der Waals surface area contributed by atoms with Gasteiger partial charge in [-0.25, -0.2) is 4.79 Å². The minimum Gasteiger partial charge on any atom is -0.480 e. The fourth-order valence-electron chi connectivity index (χ4n) is 6.69. The van der Waals surface area contributed by atoms with Gasteiger partial charge in [0.2, 0.25) is 35.9 Å². The van der Waals surface area contributed by atoms with E-state index in [0.29, 0.717) is 63.7 Å². The molecule has 2 aliphatic heterocycles. The number of carboxylic acids is 1. The molecule has 0 radical (unpaired) electrons. The van der Waals surface area contributed by atoms with Crippen LogP contribution in [0, 0.1) is 17.8 Å². The standard InChI is InChI=1S/C36H61N7O9/c1-10-21(6)29(37-18-44)32(47)41-30(24(9)45)33(48)39-23(8)31(46)40-28(20(4)5)35(50)42-15-11-13-26(42)22(7)38-25(17-19(2)3)34(49)43-16-12-14-27(43)36(51)52/h18-21,23-30,38,45H,7,10-17H2,1-6,8-9H3,(H,37,44)(H,39,48)(H,40,46)(H,41,47)(H,51,52).